The van der Waals surface area contributed by atoms with E-state index < -0.39 is 0 Å². The van der Waals surface area contributed by atoms with Crippen molar-refractivity contribution < 1.29 is 4.74 Å². The first-order chi connectivity index (χ1) is 9.79. The zero-order chi connectivity index (χ0) is 14.2. The van der Waals surface area contributed by atoms with Crippen LogP contribution in [-0.4, -0.2) is 13.2 Å². The molecule has 0 aliphatic carbocycles. The Morgan fingerprint density at radius 3 is 2.35 bits per heavy atom. The van der Waals surface area contributed by atoms with Crippen molar-refractivity contribution in [3.63, 3.8) is 0 Å². The van der Waals surface area contributed by atoms with Crippen LogP contribution < -0.4 is 10.5 Å². The molecule has 2 aromatic rings. The van der Waals surface area contributed by atoms with Gasteiger partial charge >= 0.3 is 0 Å². The Bertz CT molecular complexity index is 498. The van der Waals surface area contributed by atoms with Gasteiger partial charge in [-0.3, -0.25) is 0 Å². The number of ether oxygens (including phenoxy) is 1. The number of para-hydroxylation sites is 1. The van der Waals surface area contributed by atoms with Gasteiger partial charge in [0.25, 0.3) is 0 Å². The lowest BCUT2D eigenvalue weighted by Gasteiger charge is -2.15. The fourth-order valence-corrected chi connectivity index (χ4v) is 2.46. The van der Waals surface area contributed by atoms with E-state index in [1.165, 1.54) is 5.56 Å². The third-order valence-electron chi connectivity index (χ3n) is 3.33. The number of nitrogens with two attached hydrogens (primary N) is 1. The van der Waals surface area contributed by atoms with Crippen LogP contribution in [0.1, 0.15) is 24.3 Å². The molecule has 1 atom stereocenters. The highest BCUT2D eigenvalue weighted by Gasteiger charge is 2.09. The fourth-order valence-electron chi connectivity index (χ4n) is 2.19. The molecule has 2 N–H and O–H groups in total. The Kier molecular flexibility index (Phi) is 6.09. The fraction of sp³-hybridized carbons (Fsp3) is 0.294. The average Bonchev–Trinajstić information content (AvgIpc) is 2.50. The van der Waals surface area contributed by atoms with E-state index in [-0.39, 0.29) is 0 Å². The van der Waals surface area contributed by atoms with Gasteiger partial charge in [-0.1, -0.05) is 46.3 Å². The minimum atomic E-state index is 0.405. The Morgan fingerprint density at radius 1 is 1.00 bits per heavy atom. The molecular formula is C17H20BrNO. The molecule has 0 aromatic heterocycles. The summed E-state index contributed by atoms with van der Waals surface area (Å²) >= 11 is 3.45. The number of halogens is 1. The predicted molar refractivity (Wildman–Crippen MR) is 87.1 cm³/mol. The zero-order valence-electron chi connectivity index (χ0n) is 11.5. The van der Waals surface area contributed by atoms with Gasteiger partial charge in [-0.2, -0.15) is 0 Å². The molecule has 0 aliphatic rings. The molecule has 0 bridgehead atoms. The van der Waals surface area contributed by atoms with Crippen LogP contribution in [0.2, 0.25) is 0 Å². The monoisotopic (exact) mass is 333 g/mol. The van der Waals surface area contributed by atoms with E-state index in [4.69, 9.17) is 10.5 Å². The molecule has 0 heterocycles. The lowest BCUT2D eigenvalue weighted by atomic mass is 9.95. The van der Waals surface area contributed by atoms with Gasteiger partial charge in [-0.15, -0.1) is 0 Å². The van der Waals surface area contributed by atoms with Crippen molar-refractivity contribution in [1.82, 2.24) is 0 Å². The molecule has 20 heavy (non-hydrogen) atoms. The van der Waals surface area contributed by atoms with Crippen molar-refractivity contribution in [2.24, 2.45) is 5.73 Å². The lowest BCUT2D eigenvalue weighted by Crippen LogP contribution is -2.13. The van der Waals surface area contributed by atoms with Gasteiger partial charge < -0.3 is 10.5 Å². The quantitative estimate of drug-likeness (QED) is 0.764. The van der Waals surface area contributed by atoms with Crippen LogP contribution >= 0.6 is 15.9 Å². The summed E-state index contributed by atoms with van der Waals surface area (Å²) in [6, 6.07) is 18.3. The van der Waals surface area contributed by atoms with E-state index in [9.17, 15) is 0 Å². The van der Waals surface area contributed by atoms with Crippen molar-refractivity contribution in [2.75, 3.05) is 13.2 Å². The number of rotatable bonds is 7. The molecule has 0 saturated carbocycles. The number of benzene rings is 2. The molecule has 106 valence electrons. The van der Waals surface area contributed by atoms with Crippen molar-refractivity contribution in [3.05, 3.63) is 64.6 Å². The molecule has 0 radical (unpaired) electrons. The summed E-state index contributed by atoms with van der Waals surface area (Å²) < 4.78 is 6.81. The van der Waals surface area contributed by atoms with Crippen LogP contribution in [0.5, 0.6) is 5.75 Å². The van der Waals surface area contributed by atoms with Crippen LogP contribution in [0.4, 0.5) is 0 Å². The first-order valence-corrected chi connectivity index (χ1v) is 7.72. The molecule has 1 unspecified atom stereocenters. The van der Waals surface area contributed by atoms with Crippen molar-refractivity contribution in [3.8, 4) is 5.75 Å². The maximum Gasteiger partial charge on any atom is 0.119 e. The van der Waals surface area contributed by atoms with E-state index in [1.54, 1.807) is 0 Å². The molecule has 0 aliphatic heterocycles. The van der Waals surface area contributed by atoms with Crippen molar-refractivity contribution in [1.29, 1.82) is 0 Å². The molecule has 0 fully saturated rings. The smallest absolute Gasteiger partial charge is 0.119 e. The summed E-state index contributed by atoms with van der Waals surface area (Å²) in [5.74, 6) is 1.34. The van der Waals surface area contributed by atoms with Crippen LogP contribution in [0.25, 0.3) is 0 Å². The van der Waals surface area contributed by atoms with Crippen LogP contribution in [0.15, 0.2) is 59.1 Å². The van der Waals surface area contributed by atoms with E-state index in [2.05, 4.69) is 40.2 Å². The van der Waals surface area contributed by atoms with E-state index in [0.717, 1.165) is 29.7 Å². The van der Waals surface area contributed by atoms with Crippen LogP contribution in [0, 0.1) is 0 Å². The molecule has 2 rings (SSSR count). The first-order valence-electron chi connectivity index (χ1n) is 6.93. The average molecular weight is 334 g/mol. The minimum absolute atomic E-state index is 0.405. The highest BCUT2D eigenvalue weighted by Crippen LogP contribution is 2.22. The van der Waals surface area contributed by atoms with E-state index in [1.807, 2.05) is 30.3 Å². The summed E-state index contributed by atoms with van der Waals surface area (Å²) in [5.41, 5.74) is 7.18. The van der Waals surface area contributed by atoms with Crippen molar-refractivity contribution in [2.45, 2.75) is 18.8 Å². The highest BCUT2D eigenvalue weighted by atomic mass is 79.9. The molecule has 2 aromatic carbocycles. The molecule has 0 saturated heterocycles. The van der Waals surface area contributed by atoms with Gasteiger partial charge in [0, 0.05) is 4.47 Å². The summed E-state index contributed by atoms with van der Waals surface area (Å²) in [7, 11) is 0. The molecule has 2 nitrogen and oxygen atoms in total. The lowest BCUT2D eigenvalue weighted by molar-refractivity contribution is 0.302. The Hall–Kier alpha value is -1.32. The zero-order valence-corrected chi connectivity index (χ0v) is 13.1. The summed E-state index contributed by atoms with van der Waals surface area (Å²) in [5, 5.41) is 0. The summed E-state index contributed by atoms with van der Waals surface area (Å²) in [6.07, 6.45) is 2.05. The number of hydrogen-bond donors (Lipinski definition) is 1. The Balaban J connectivity index is 1.78. The second-order valence-electron chi connectivity index (χ2n) is 4.79. The molecular weight excluding hydrogens is 314 g/mol. The van der Waals surface area contributed by atoms with Gasteiger partial charge in [-0.05, 0) is 55.1 Å². The van der Waals surface area contributed by atoms with Gasteiger partial charge in [0.15, 0.2) is 0 Å². The van der Waals surface area contributed by atoms with Gasteiger partial charge in [0.2, 0.25) is 0 Å². The van der Waals surface area contributed by atoms with Gasteiger partial charge in [-0.25, -0.2) is 0 Å². The van der Waals surface area contributed by atoms with Crippen molar-refractivity contribution >= 4 is 15.9 Å². The topological polar surface area (TPSA) is 35.2 Å². The molecule has 0 spiro atoms. The standard InChI is InChI=1S/C17H20BrNO/c18-16-10-8-14(9-11-16)15(13-19)5-4-12-20-17-6-2-1-3-7-17/h1-3,6-11,15H,4-5,12-13,19H2. The first kappa shape index (κ1) is 15.1. The third-order valence-corrected chi connectivity index (χ3v) is 3.86. The van der Waals surface area contributed by atoms with E-state index >= 15 is 0 Å². The SMILES string of the molecule is NCC(CCCOc1ccccc1)c1ccc(Br)cc1. The molecule has 0 amide bonds. The third kappa shape index (κ3) is 4.66. The van der Waals surface area contributed by atoms with Crippen LogP contribution in [-0.2, 0) is 0 Å². The predicted octanol–water partition coefficient (Wildman–Crippen LogP) is 4.35. The maximum absolute atomic E-state index is 5.88. The second kappa shape index (κ2) is 8.08. The van der Waals surface area contributed by atoms with Crippen LogP contribution in [0.3, 0.4) is 0 Å². The van der Waals surface area contributed by atoms with Gasteiger partial charge in [0.1, 0.15) is 5.75 Å². The summed E-state index contributed by atoms with van der Waals surface area (Å²) in [6.45, 7) is 1.41. The largest absolute Gasteiger partial charge is 0.494 e. The highest BCUT2D eigenvalue weighted by molar-refractivity contribution is 9.10. The minimum Gasteiger partial charge on any atom is -0.494 e. The van der Waals surface area contributed by atoms with Gasteiger partial charge in [0.05, 0.1) is 6.61 Å². The second-order valence-corrected chi connectivity index (χ2v) is 5.70. The molecule has 3 heteroatoms. The number of hydrogen-bond acceptors (Lipinski definition) is 2. The summed E-state index contributed by atoms with van der Waals surface area (Å²) in [4.78, 5) is 0. The normalized spacial score (nSPS) is 12.1. The maximum atomic E-state index is 5.88. The van der Waals surface area contributed by atoms with E-state index in [0.29, 0.717) is 12.5 Å². The Labute approximate surface area is 129 Å². The Morgan fingerprint density at radius 2 is 1.70 bits per heavy atom.